The summed E-state index contributed by atoms with van der Waals surface area (Å²) in [5, 5.41) is 9.38. The fourth-order valence-electron chi connectivity index (χ4n) is 3.45. The second-order valence-corrected chi connectivity index (χ2v) is 7.14. The summed E-state index contributed by atoms with van der Waals surface area (Å²) in [6.07, 6.45) is 5.14. The summed E-state index contributed by atoms with van der Waals surface area (Å²) in [6, 6.07) is 8.32. The van der Waals surface area contributed by atoms with Crippen molar-refractivity contribution in [2.24, 2.45) is 4.99 Å². The van der Waals surface area contributed by atoms with Crippen molar-refractivity contribution in [1.82, 2.24) is 20.9 Å². The topological polar surface area (TPSA) is 68.8 Å². The molecule has 1 fully saturated rings. The molecule has 28 heavy (non-hydrogen) atoms. The molecule has 7 heteroatoms. The standard InChI is InChI=1S/C21H35N5O.HI/c1-4-23-21(24-12-8-14-26-13-6-5-9-17(26)2)25-16-18-10-7-11-19(15-18)20(27)22-3;/h7,10-11,15,17H,4-6,8-9,12-14,16H2,1-3H3,(H,22,27)(H2,23,24,25);1H. The number of likely N-dealkylation sites (tertiary alicyclic amines) is 1. The van der Waals surface area contributed by atoms with Crippen LogP contribution in [0.4, 0.5) is 0 Å². The molecule has 2 rings (SSSR count). The van der Waals surface area contributed by atoms with Gasteiger partial charge in [0.2, 0.25) is 0 Å². The van der Waals surface area contributed by atoms with Crippen LogP contribution in [0, 0.1) is 0 Å². The van der Waals surface area contributed by atoms with Gasteiger partial charge in [0.05, 0.1) is 6.54 Å². The van der Waals surface area contributed by atoms with Gasteiger partial charge in [-0.15, -0.1) is 24.0 Å². The van der Waals surface area contributed by atoms with E-state index < -0.39 is 0 Å². The number of hydrogen-bond donors (Lipinski definition) is 3. The number of halogens is 1. The normalized spacial score (nSPS) is 17.5. The van der Waals surface area contributed by atoms with Crippen LogP contribution in [0.25, 0.3) is 0 Å². The van der Waals surface area contributed by atoms with Crippen molar-refractivity contribution in [2.45, 2.75) is 52.1 Å². The zero-order valence-electron chi connectivity index (χ0n) is 17.5. The Balaban J connectivity index is 0.00000392. The zero-order valence-corrected chi connectivity index (χ0v) is 19.8. The molecule has 1 unspecified atom stereocenters. The van der Waals surface area contributed by atoms with Gasteiger partial charge in [0.1, 0.15) is 0 Å². The Hall–Kier alpha value is -1.35. The molecule has 1 aromatic carbocycles. The summed E-state index contributed by atoms with van der Waals surface area (Å²) in [6.45, 7) is 9.06. The van der Waals surface area contributed by atoms with Gasteiger partial charge in [-0.3, -0.25) is 4.79 Å². The third-order valence-corrected chi connectivity index (χ3v) is 5.04. The number of carbonyl (C=O) groups is 1. The van der Waals surface area contributed by atoms with E-state index in [1.54, 1.807) is 7.05 Å². The number of carbonyl (C=O) groups excluding carboxylic acids is 1. The molecule has 1 aliphatic heterocycles. The van der Waals surface area contributed by atoms with Gasteiger partial charge in [-0.1, -0.05) is 18.6 Å². The molecule has 0 spiro atoms. The van der Waals surface area contributed by atoms with E-state index in [9.17, 15) is 4.79 Å². The summed E-state index contributed by atoms with van der Waals surface area (Å²) < 4.78 is 0. The van der Waals surface area contributed by atoms with Crippen LogP contribution >= 0.6 is 24.0 Å². The largest absolute Gasteiger partial charge is 0.357 e. The van der Waals surface area contributed by atoms with Crippen molar-refractivity contribution < 1.29 is 4.79 Å². The molecule has 1 aliphatic rings. The highest BCUT2D eigenvalue weighted by Crippen LogP contribution is 2.16. The Morgan fingerprint density at radius 3 is 2.82 bits per heavy atom. The van der Waals surface area contributed by atoms with E-state index in [0.717, 1.165) is 37.6 Å². The summed E-state index contributed by atoms with van der Waals surface area (Å²) in [7, 11) is 1.64. The summed E-state index contributed by atoms with van der Waals surface area (Å²) in [5.74, 6) is 0.757. The monoisotopic (exact) mass is 501 g/mol. The van der Waals surface area contributed by atoms with E-state index in [-0.39, 0.29) is 29.9 Å². The van der Waals surface area contributed by atoms with Gasteiger partial charge in [0.15, 0.2) is 5.96 Å². The number of guanidine groups is 1. The first-order valence-corrected chi connectivity index (χ1v) is 10.2. The summed E-state index contributed by atoms with van der Waals surface area (Å²) >= 11 is 0. The molecule has 1 aromatic rings. The van der Waals surface area contributed by atoms with Crippen LogP contribution in [0.3, 0.4) is 0 Å². The number of nitrogens with one attached hydrogen (secondary N) is 3. The average molecular weight is 501 g/mol. The predicted octanol–water partition coefficient (Wildman–Crippen LogP) is 2.98. The molecule has 158 valence electrons. The van der Waals surface area contributed by atoms with Gasteiger partial charge in [-0.05, 0) is 57.4 Å². The second-order valence-electron chi connectivity index (χ2n) is 7.14. The van der Waals surface area contributed by atoms with Crippen LogP contribution in [0.15, 0.2) is 29.3 Å². The van der Waals surface area contributed by atoms with E-state index in [2.05, 4.69) is 39.7 Å². The van der Waals surface area contributed by atoms with Gasteiger partial charge >= 0.3 is 0 Å². The molecule has 0 aromatic heterocycles. The maximum absolute atomic E-state index is 11.8. The lowest BCUT2D eigenvalue weighted by Crippen LogP contribution is -2.41. The number of amides is 1. The number of hydrogen-bond acceptors (Lipinski definition) is 3. The van der Waals surface area contributed by atoms with Crippen LogP contribution < -0.4 is 16.0 Å². The van der Waals surface area contributed by atoms with Crippen molar-refractivity contribution in [3.05, 3.63) is 35.4 Å². The highest BCUT2D eigenvalue weighted by molar-refractivity contribution is 14.0. The van der Waals surface area contributed by atoms with Crippen molar-refractivity contribution in [3.63, 3.8) is 0 Å². The number of rotatable bonds is 8. The minimum atomic E-state index is -0.0715. The van der Waals surface area contributed by atoms with Crippen molar-refractivity contribution in [2.75, 3.05) is 33.2 Å². The number of piperidine rings is 1. The molecule has 0 aliphatic carbocycles. The Kier molecular flexibility index (Phi) is 12.1. The smallest absolute Gasteiger partial charge is 0.251 e. The van der Waals surface area contributed by atoms with Crippen molar-refractivity contribution >= 4 is 35.8 Å². The van der Waals surface area contributed by atoms with Crippen molar-refractivity contribution in [1.29, 1.82) is 0 Å². The summed E-state index contributed by atoms with van der Waals surface area (Å²) in [5.41, 5.74) is 1.69. The molecule has 1 atom stereocenters. The maximum atomic E-state index is 11.8. The highest BCUT2D eigenvalue weighted by atomic mass is 127. The summed E-state index contributed by atoms with van der Waals surface area (Å²) in [4.78, 5) is 19.0. The van der Waals surface area contributed by atoms with Gasteiger partial charge in [-0.2, -0.15) is 0 Å². The van der Waals surface area contributed by atoms with E-state index in [4.69, 9.17) is 0 Å². The van der Waals surface area contributed by atoms with E-state index in [1.807, 2.05) is 24.3 Å². The molecule has 1 heterocycles. The minimum absolute atomic E-state index is 0. The second kappa shape index (κ2) is 13.8. The third kappa shape index (κ3) is 8.34. The Labute approximate surface area is 187 Å². The Morgan fingerprint density at radius 2 is 2.11 bits per heavy atom. The van der Waals surface area contributed by atoms with E-state index in [0.29, 0.717) is 18.2 Å². The fourth-order valence-corrected chi connectivity index (χ4v) is 3.45. The average Bonchev–Trinajstić information content (AvgIpc) is 2.70. The molecule has 0 bridgehead atoms. The van der Waals surface area contributed by atoms with Crippen LogP contribution in [0.1, 0.15) is 55.5 Å². The van der Waals surface area contributed by atoms with Gasteiger partial charge < -0.3 is 20.9 Å². The van der Waals surface area contributed by atoms with E-state index in [1.165, 1.54) is 25.8 Å². The SMILES string of the molecule is CCNC(=NCc1cccc(C(=O)NC)c1)NCCCN1CCCCC1C.I. The Bertz CT molecular complexity index is 623. The molecule has 0 radical (unpaired) electrons. The van der Waals surface area contributed by atoms with Crippen LogP contribution in [-0.2, 0) is 6.54 Å². The Morgan fingerprint density at radius 1 is 1.29 bits per heavy atom. The lowest BCUT2D eigenvalue weighted by atomic mass is 10.0. The first-order valence-electron chi connectivity index (χ1n) is 10.2. The van der Waals surface area contributed by atoms with Crippen LogP contribution in [0.2, 0.25) is 0 Å². The molecule has 6 nitrogen and oxygen atoms in total. The lowest BCUT2D eigenvalue weighted by Gasteiger charge is -2.33. The lowest BCUT2D eigenvalue weighted by molar-refractivity contribution is 0.0963. The molecule has 1 saturated heterocycles. The van der Waals surface area contributed by atoms with Crippen LogP contribution in [0.5, 0.6) is 0 Å². The maximum Gasteiger partial charge on any atom is 0.251 e. The number of aliphatic imine (C=N–C) groups is 1. The third-order valence-electron chi connectivity index (χ3n) is 5.04. The first kappa shape index (κ1) is 24.7. The van der Waals surface area contributed by atoms with Gasteiger partial charge in [0.25, 0.3) is 5.91 Å². The zero-order chi connectivity index (χ0) is 19.5. The van der Waals surface area contributed by atoms with E-state index >= 15 is 0 Å². The highest BCUT2D eigenvalue weighted by Gasteiger charge is 2.17. The predicted molar refractivity (Wildman–Crippen MR) is 128 cm³/mol. The number of benzene rings is 1. The van der Waals surface area contributed by atoms with Gasteiger partial charge in [0, 0.05) is 38.3 Å². The molecular formula is C21H36IN5O. The molecule has 3 N–H and O–H groups in total. The fraction of sp³-hybridized carbons (Fsp3) is 0.619. The van der Waals surface area contributed by atoms with Gasteiger partial charge in [-0.25, -0.2) is 4.99 Å². The van der Waals surface area contributed by atoms with Crippen molar-refractivity contribution in [3.8, 4) is 0 Å². The first-order chi connectivity index (χ1) is 13.1. The quantitative estimate of drug-likeness (QED) is 0.222. The number of nitrogens with zero attached hydrogens (tertiary/aromatic N) is 2. The molecule has 1 amide bonds. The molecule has 0 saturated carbocycles. The molecular weight excluding hydrogens is 465 g/mol. The minimum Gasteiger partial charge on any atom is -0.357 e. The van der Waals surface area contributed by atoms with Crippen LogP contribution in [-0.4, -0.2) is 56.0 Å².